The molecule has 0 radical (unpaired) electrons. The van der Waals surface area contributed by atoms with Crippen molar-refractivity contribution in [2.45, 2.75) is 13.3 Å². The number of rotatable bonds is 6. The van der Waals surface area contributed by atoms with Crippen LogP contribution in [0.3, 0.4) is 0 Å². The van der Waals surface area contributed by atoms with Crippen molar-refractivity contribution >= 4 is 15.9 Å². The summed E-state index contributed by atoms with van der Waals surface area (Å²) in [5, 5.41) is 2.71. The third kappa shape index (κ3) is 5.29. The molecule has 0 aliphatic rings. The van der Waals surface area contributed by atoms with Crippen LogP contribution < -0.4 is 10.0 Å². The Hall–Kier alpha value is -1.40. The van der Waals surface area contributed by atoms with Gasteiger partial charge < -0.3 is 5.32 Å². The predicted octanol–water partition coefficient (Wildman–Crippen LogP) is 0.528. The van der Waals surface area contributed by atoms with Gasteiger partial charge in [0.05, 0.1) is 6.26 Å². The predicted molar refractivity (Wildman–Crippen MR) is 71.0 cm³/mol. The molecular weight excluding hydrogens is 252 g/mol. The molecule has 0 saturated heterocycles. The van der Waals surface area contributed by atoms with E-state index in [4.69, 9.17) is 0 Å². The molecule has 5 nitrogen and oxygen atoms in total. The van der Waals surface area contributed by atoms with Crippen molar-refractivity contribution < 1.29 is 13.2 Å². The molecule has 0 atom stereocenters. The Morgan fingerprint density at radius 3 is 2.33 bits per heavy atom. The summed E-state index contributed by atoms with van der Waals surface area (Å²) >= 11 is 0. The fourth-order valence-corrected chi connectivity index (χ4v) is 1.94. The number of nitrogens with one attached hydrogen (secondary N) is 2. The molecule has 0 aliphatic heterocycles. The van der Waals surface area contributed by atoms with Gasteiger partial charge in [0, 0.05) is 18.7 Å². The summed E-state index contributed by atoms with van der Waals surface area (Å²) in [5.41, 5.74) is 1.59. The van der Waals surface area contributed by atoms with E-state index in [1.54, 1.807) is 12.1 Å². The Labute approximate surface area is 108 Å². The summed E-state index contributed by atoms with van der Waals surface area (Å²) in [6, 6.07) is 7.13. The first-order valence-electron chi connectivity index (χ1n) is 5.74. The maximum absolute atomic E-state index is 11.5. The molecule has 0 bridgehead atoms. The third-order valence-corrected chi connectivity index (χ3v) is 3.06. The monoisotopic (exact) mass is 270 g/mol. The minimum absolute atomic E-state index is 0.0988. The van der Waals surface area contributed by atoms with Gasteiger partial charge in [-0.25, -0.2) is 13.1 Å². The zero-order chi connectivity index (χ0) is 13.6. The van der Waals surface area contributed by atoms with Crippen molar-refractivity contribution in [2.75, 3.05) is 19.3 Å². The van der Waals surface area contributed by atoms with Crippen molar-refractivity contribution in [1.82, 2.24) is 10.0 Å². The lowest BCUT2D eigenvalue weighted by Crippen LogP contribution is -2.24. The Morgan fingerprint density at radius 2 is 1.83 bits per heavy atom. The maximum atomic E-state index is 11.5. The van der Waals surface area contributed by atoms with Crippen LogP contribution in [0.2, 0.25) is 0 Å². The smallest absolute Gasteiger partial charge is 0.251 e. The Bertz CT molecular complexity index is 495. The highest BCUT2D eigenvalue weighted by Crippen LogP contribution is 2.05. The Kier molecular flexibility index (Phi) is 5.30. The minimum atomic E-state index is -3.14. The number of amides is 1. The zero-order valence-electron chi connectivity index (χ0n) is 10.6. The van der Waals surface area contributed by atoms with E-state index >= 15 is 0 Å². The van der Waals surface area contributed by atoms with E-state index in [1.165, 1.54) is 0 Å². The fourth-order valence-electron chi connectivity index (χ4n) is 1.47. The average Bonchev–Trinajstić information content (AvgIpc) is 2.28. The minimum Gasteiger partial charge on any atom is -0.352 e. The molecule has 1 aromatic carbocycles. The highest BCUT2D eigenvalue weighted by Gasteiger charge is 2.04. The van der Waals surface area contributed by atoms with E-state index in [2.05, 4.69) is 10.0 Å². The van der Waals surface area contributed by atoms with Crippen LogP contribution in [0.5, 0.6) is 0 Å². The molecule has 18 heavy (non-hydrogen) atoms. The largest absolute Gasteiger partial charge is 0.352 e. The summed E-state index contributed by atoms with van der Waals surface area (Å²) in [7, 11) is -3.14. The van der Waals surface area contributed by atoms with Crippen molar-refractivity contribution in [1.29, 1.82) is 0 Å². The van der Waals surface area contributed by atoms with Crippen LogP contribution in [0.4, 0.5) is 0 Å². The van der Waals surface area contributed by atoms with Gasteiger partial charge in [-0.15, -0.1) is 0 Å². The van der Waals surface area contributed by atoms with Gasteiger partial charge >= 0.3 is 0 Å². The molecule has 1 aromatic rings. The standard InChI is InChI=1S/C12H18N2O3S/c1-3-13-12(15)11-6-4-10(5-7-11)8-9-14-18(2,16)17/h4-7,14H,3,8-9H2,1-2H3,(H,13,15). The first kappa shape index (κ1) is 14.7. The number of sulfonamides is 1. The van der Waals surface area contributed by atoms with Gasteiger partial charge in [-0.2, -0.15) is 0 Å². The van der Waals surface area contributed by atoms with Gasteiger partial charge in [0.2, 0.25) is 10.0 Å². The maximum Gasteiger partial charge on any atom is 0.251 e. The number of benzene rings is 1. The lowest BCUT2D eigenvalue weighted by atomic mass is 10.1. The normalized spacial score (nSPS) is 11.2. The van der Waals surface area contributed by atoms with Gasteiger partial charge in [0.1, 0.15) is 0 Å². The number of hydrogen-bond donors (Lipinski definition) is 2. The van der Waals surface area contributed by atoms with Crippen molar-refractivity contribution in [3.8, 4) is 0 Å². The summed E-state index contributed by atoms with van der Waals surface area (Å²) in [5.74, 6) is -0.0988. The lowest BCUT2D eigenvalue weighted by Gasteiger charge is -2.05. The van der Waals surface area contributed by atoms with Crippen LogP contribution in [-0.4, -0.2) is 33.7 Å². The summed E-state index contributed by atoms with van der Waals surface area (Å²) in [6.07, 6.45) is 1.73. The van der Waals surface area contributed by atoms with Crippen LogP contribution in [0, 0.1) is 0 Å². The first-order valence-corrected chi connectivity index (χ1v) is 7.63. The van der Waals surface area contributed by atoms with Crippen molar-refractivity contribution in [3.63, 3.8) is 0 Å². The highest BCUT2D eigenvalue weighted by molar-refractivity contribution is 7.88. The van der Waals surface area contributed by atoms with E-state index in [9.17, 15) is 13.2 Å². The highest BCUT2D eigenvalue weighted by atomic mass is 32.2. The molecule has 6 heteroatoms. The van der Waals surface area contributed by atoms with E-state index in [1.807, 2.05) is 19.1 Å². The fraction of sp³-hybridized carbons (Fsp3) is 0.417. The third-order valence-electron chi connectivity index (χ3n) is 2.33. The SMILES string of the molecule is CCNC(=O)c1ccc(CCNS(C)(=O)=O)cc1. The second kappa shape index (κ2) is 6.51. The molecule has 1 amide bonds. The molecule has 0 fully saturated rings. The Balaban J connectivity index is 2.53. The molecule has 0 aliphatic carbocycles. The molecule has 2 N–H and O–H groups in total. The van der Waals surface area contributed by atoms with E-state index in [-0.39, 0.29) is 5.91 Å². The average molecular weight is 270 g/mol. The summed E-state index contributed by atoms with van der Waals surface area (Å²) < 4.78 is 24.2. The molecule has 0 saturated carbocycles. The van der Waals surface area contributed by atoms with Crippen LogP contribution in [0.15, 0.2) is 24.3 Å². The van der Waals surface area contributed by atoms with Gasteiger partial charge in [0.25, 0.3) is 5.91 Å². The first-order chi connectivity index (χ1) is 8.42. The second-order valence-corrected chi connectivity index (χ2v) is 5.81. The van der Waals surface area contributed by atoms with Crippen LogP contribution in [0.1, 0.15) is 22.8 Å². The number of carbonyl (C=O) groups excluding carboxylic acids is 1. The van der Waals surface area contributed by atoms with Crippen molar-refractivity contribution in [2.24, 2.45) is 0 Å². The summed E-state index contributed by atoms with van der Waals surface area (Å²) in [4.78, 5) is 11.5. The van der Waals surface area contributed by atoms with Gasteiger partial charge in [-0.1, -0.05) is 12.1 Å². The molecule has 0 aromatic heterocycles. The number of carbonyl (C=O) groups is 1. The molecular formula is C12H18N2O3S. The molecule has 0 heterocycles. The van der Waals surface area contributed by atoms with Gasteiger partial charge in [-0.05, 0) is 31.0 Å². The molecule has 1 rings (SSSR count). The Morgan fingerprint density at radius 1 is 1.22 bits per heavy atom. The quantitative estimate of drug-likeness (QED) is 0.791. The molecule has 100 valence electrons. The van der Waals surface area contributed by atoms with Crippen LogP contribution in [0.25, 0.3) is 0 Å². The molecule has 0 spiro atoms. The van der Waals surface area contributed by atoms with Gasteiger partial charge in [0.15, 0.2) is 0 Å². The van der Waals surface area contributed by atoms with Crippen LogP contribution >= 0.6 is 0 Å². The number of hydrogen-bond acceptors (Lipinski definition) is 3. The van der Waals surface area contributed by atoms with Gasteiger partial charge in [-0.3, -0.25) is 4.79 Å². The van der Waals surface area contributed by atoms with E-state index in [0.717, 1.165) is 11.8 Å². The van der Waals surface area contributed by atoms with E-state index < -0.39 is 10.0 Å². The lowest BCUT2D eigenvalue weighted by molar-refractivity contribution is 0.0956. The molecule has 0 unspecified atom stereocenters. The van der Waals surface area contributed by atoms with E-state index in [0.29, 0.717) is 25.1 Å². The topological polar surface area (TPSA) is 75.3 Å². The zero-order valence-corrected chi connectivity index (χ0v) is 11.4. The summed E-state index contributed by atoms with van der Waals surface area (Å²) in [6.45, 7) is 2.82. The van der Waals surface area contributed by atoms with Crippen LogP contribution in [-0.2, 0) is 16.4 Å². The van der Waals surface area contributed by atoms with Crippen molar-refractivity contribution in [3.05, 3.63) is 35.4 Å². The second-order valence-electron chi connectivity index (χ2n) is 3.97.